The molecule has 0 aromatic heterocycles. The molecule has 6 heteroatoms. The molecule has 0 spiro atoms. The Kier molecular flexibility index (Phi) is 6.26. The molecule has 0 radical (unpaired) electrons. The number of ether oxygens (including phenoxy) is 1. The third-order valence-electron chi connectivity index (χ3n) is 3.29. The lowest BCUT2D eigenvalue weighted by Crippen LogP contribution is -2.25. The second-order valence-electron chi connectivity index (χ2n) is 4.88. The molecule has 1 aromatic rings. The van der Waals surface area contributed by atoms with Gasteiger partial charge in [-0.05, 0) is 81.6 Å². The highest BCUT2D eigenvalue weighted by Gasteiger charge is 2.12. The number of halogens is 2. The largest absolute Gasteiger partial charge is 0.490 e. The lowest BCUT2D eigenvalue weighted by atomic mass is 10.2. The number of nitrogens with zero attached hydrogens (tertiary/aromatic N) is 1. The van der Waals surface area contributed by atoms with E-state index < -0.39 is 5.97 Å². The van der Waals surface area contributed by atoms with Crippen LogP contribution in [0.4, 0.5) is 0 Å². The Morgan fingerprint density at radius 3 is 2.48 bits per heavy atom. The summed E-state index contributed by atoms with van der Waals surface area (Å²) in [5, 5.41) is 8.65. The molecular weight excluding hydrogens is 402 g/mol. The van der Waals surface area contributed by atoms with Gasteiger partial charge >= 0.3 is 5.97 Å². The summed E-state index contributed by atoms with van der Waals surface area (Å²) in [6.07, 6.45) is 5.21. The zero-order valence-corrected chi connectivity index (χ0v) is 14.7. The number of rotatable bonds is 6. The van der Waals surface area contributed by atoms with Gasteiger partial charge in [0, 0.05) is 12.6 Å². The Morgan fingerprint density at radius 2 is 1.90 bits per heavy atom. The monoisotopic (exact) mass is 417 g/mol. The fourth-order valence-corrected chi connectivity index (χ4v) is 3.71. The highest BCUT2D eigenvalue weighted by molar-refractivity contribution is 9.11. The van der Waals surface area contributed by atoms with Crippen molar-refractivity contribution in [3.05, 3.63) is 32.7 Å². The topological polar surface area (TPSA) is 49.8 Å². The molecule has 114 valence electrons. The molecule has 1 aliphatic rings. The third-order valence-corrected chi connectivity index (χ3v) is 4.47. The first-order valence-corrected chi connectivity index (χ1v) is 8.40. The minimum Gasteiger partial charge on any atom is -0.490 e. The van der Waals surface area contributed by atoms with Gasteiger partial charge in [0.05, 0.1) is 8.95 Å². The van der Waals surface area contributed by atoms with Crippen LogP contribution < -0.4 is 4.74 Å². The average Bonchev–Trinajstić information content (AvgIpc) is 2.92. The van der Waals surface area contributed by atoms with Gasteiger partial charge in [0.15, 0.2) is 0 Å². The Bertz CT molecular complexity index is 517. The van der Waals surface area contributed by atoms with Crippen molar-refractivity contribution in [2.45, 2.75) is 12.8 Å². The first-order valence-electron chi connectivity index (χ1n) is 6.81. The van der Waals surface area contributed by atoms with E-state index in [1.54, 1.807) is 6.08 Å². The fourth-order valence-electron chi connectivity index (χ4n) is 2.26. The SMILES string of the molecule is O=C(O)/C=C/c1cc(Br)c(OCCN2CCCC2)c(Br)c1. The summed E-state index contributed by atoms with van der Waals surface area (Å²) in [6, 6.07) is 3.69. The summed E-state index contributed by atoms with van der Waals surface area (Å²) >= 11 is 6.94. The van der Waals surface area contributed by atoms with Crippen molar-refractivity contribution in [2.75, 3.05) is 26.2 Å². The molecule has 1 heterocycles. The van der Waals surface area contributed by atoms with Gasteiger partial charge in [-0.15, -0.1) is 0 Å². The molecule has 1 aromatic carbocycles. The molecule has 2 rings (SSSR count). The van der Waals surface area contributed by atoms with Crippen molar-refractivity contribution in [2.24, 2.45) is 0 Å². The van der Waals surface area contributed by atoms with Crippen molar-refractivity contribution in [1.82, 2.24) is 4.90 Å². The smallest absolute Gasteiger partial charge is 0.328 e. The second-order valence-corrected chi connectivity index (χ2v) is 6.59. The minimum atomic E-state index is -0.965. The van der Waals surface area contributed by atoms with Crippen molar-refractivity contribution in [3.8, 4) is 5.75 Å². The van der Waals surface area contributed by atoms with E-state index in [1.165, 1.54) is 12.8 Å². The maximum absolute atomic E-state index is 10.5. The van der Waals surface area contributed by atoms with Gasteiger partial charge in [0.25, 0.3) is 0 Å². The molecule has 1 saturated heterocycles. The lowest BCUT2D eigenvalue weighted by molar-refractivity contribution is -0.131. The molecule has 1 N–H and O–H groups in total. The zero-order valence-electron chi connectivity index (χ0n) is 11.5. The first kappa shape index (κ1) is 16.5. The number of hydrogen-bond donors (Lipinski definition) is 1. The van der Waals surface area contributed by atoms with Crippen LogP contribution in [0.5, 0.6) is 5.75 Å². The van der Waals surface area contributed by atoms with Crippen LogP contribution in [0.2, 0.25) is 0 Å². The summed E-state index contributed by atoms with van der Waals surface area (Å²) in [4.78, 5) is 12.9. The first-order chi connectivity index (χ1) is 10.1. The number of hydrogen-bond acceptors (Lipinski definition) is 3. The van der Waals surface area contributed by atoms with E-state index in [0.717, 1.165) is 46.0 Å². The van der Waals surface area contributed by atoms with Crippen LogP contribution in [-0.4, -0.2) is 42.2 Å². The Hall–Kier alpha value is -0.850. The van der Waals surface area contributed by atoms with Crippen molar-refractivity contribution in [1.29, 1.82) is 0 Å². The number of benzene rings is 1. The normalized spacial score (nSPS) is 15.7. The predicted octanol–water partition coefficient (Wildman–Crippen LogP) is 3.78. The molecule has 1 fully saturated rings. The van der Waals surface area contributed by atoms with Crippen LogP contribution in [0.3, 0.4) is 0 Å². The van der Waals surface area contributed by atoms with Crippen molar-refractivity contribution in [3.63, 3.8) is 0 Å². The van der Waals surface area contributed by atoms with E-state index >= 15 is 0 Å². The average molecular weight is 419 g/mol. The van der Waals surface area contributed by atoms with Crippen LogP contribution in [-0.2, 0) is 4.79 Å². The molecule has 0 unspecified atom stereocenters. The van der Waals surface area contributed by atoms with E-state index in [9.17, 15) is 4.79 Å². The fraction of sp³-hybridized carbons (Fsp3) is 0.400. The zero-order chi connectivity index (χ0) is 15.2. The third kappa shape index (κ3) is 5.13. The van der Waals surface area contributed by atoms with Gasteiger partial charge in [-0.3, -0.25) is 4.90 Å². The Labute approximate surface area is 141 Å². The summed E-state index contributed by atoms with van der Waals surface area (Å²) in [5.74, 6) is -0.213. The molecule has 0 saturated carbocycles. The van der Waals surface area contributed by atoms with Gasteiger partial charge in [0.1, 0.15) is 12.4 Å². The van der Waals surface area contributed by atoms with E-state index in [-0.39, 0.29) is 0 Å². The quantitative estimate of drug-likeness (QED) is 0.714. The minimum absolute atomic E-state index is 0.640. The van der Waals surface area contributed by atoms with Crippen LogP contribution in [0.15, 0.2) is 27.2 Å². The summed E-state index contributed by atoms with van der Waals surface area (Å²) in [7, 11) is 0. The standard InChI is InChI=1S/C15H17Br2NO3/c16-12-9-11(3-4-14(19)20)10-13(17)15(12)21-8-7-18-5-1-2-6-18/h3-4,9-10H,1-2,5-8H2,(H,19,20)/b4-3+. The predicted molar refractivity (Wildman–Crippen MR) is 89.7 cm³/mol. The van der Waals surface area contributed by atoms with Gasteiger partial charge < -0.3 is 9.84 Å². The molecular formula is C15H17Br2NO3. The van der Waals surface area contributed by atoms with Crippen LogP contribution in [0.1, 0.15) is 18.4 Å². The number of carboxylic acid groups (broad SMARTS) is 1. The molecule has 0 aliphatic carbocycles. The van der Waals surface area contributed by atoms with Crippen LogP contribution in [0.25, 0.3) is 6.08 Å². The Balaban J connectivity index is 1.97. The van der Waals surface area contributed by atoms with Crippen LogP contribution >= 0.6 is 31.9 Å². The number of carbonyl (C=O) groups is 1. The van der Waals surface area contributed by atoms with E-state index in [2.05, 4.69) is 36.8 Å². The van der Waals surface area contributed by atoms with Crippen LogP contribution in [0, 0.1) is 0 Å². The molecule has 1 aliphatic heterocycles. The van der Waals surface area contributed by atoms with E-state index in [1.807, 2.05) is 12.1 Å². The lowest BCUT2D eigenvalue weighted by Gasteiger charge is -2.16. The van der Waals surface area contributed by atoms with Crippen molar-refractivity contribution >= 4 is 43.9 Å². The number of carboxylic acids is 1. The maximum Gasteiger partial charge on any atom is 0.328 e. The number of aliphatic carboxylic acids is 1. The van der Waals surface area contributed by atoms with E-state index in [0.29, 0.717) is 6.61 Å². The second kappa shape index (κ2) is 7.96. The highest BCUT2D eigenvalue weighted by atomic mass is 79.9. The molecule has 0 amide bonds. The molecule has 0 bridgehead atoms. The van der Waals surface area contributed by atoms with Gasteiger partial charge in [-0.2, -0.15) is 0 Å². The number of likely N-dealkylation sites (tertiary alicyclic amines) is 1. The van der Waals surface area contributed by atoms with Crippen molar-refractivity contribution < 1.29 is 14.6 Å². The summed E-state index contributed by atoms with van der Waals surface area (Å²) in [5.41, 5.74) is 0.794. The molecule has 21 heavy (non-hydrogen) atoms. The molecule has 4 nitrogen and oxygen atoms in total. The van der Waals surface area contributed by atoms with Gasteiger partial charge in [0.2, 0.25) is 0 Å². The van der Waals surface area contributed by atoms with E-state index in [4.69, 9.17) is 9.84 Å². The van der Waals surface area contributed by atoms with Gasteiger partial charge in [-0.25, -0.2) is 4.79 Å². The summed E-state index contributed by atoms with van der Waals surface area (Å²) in [6.45, 7) is 3.89. The highest BCUT2D eigenvalue weighted by Crippen LogP contribution is 2.35. The maximum atomic E-state index is 10.5. The molecule has 0 atom stereocenters. The summed E-state index contributed by atoms with van der Waals surface area (Å²) < 4.78 is 7.45. The van der Waals surface area contributed by atoms with Gasteiger partial charge in [-0.1, -0.05) is 0 Å². The Morgan fingerprint density at radius 1 is 1.29 bits per heavy atom.